The highest BCUT2D eigenvalue weighted by atomic mass is 15.2. The summed E-state index contributed by atoms with van der Waals surface area (Å²) >= 11 is 0. The molecule has 2 unspecified atom stereocenters. The maximum atomic E-state index is 6.04. The molecular weight excluding hydrogens is 246 g/mol. The first kappa shape index (κ1) is 13.5. The summed E-state index contributed by atoms with van der Waals surface area (Å²) in [6.45, 7) is 5.24. The molecule has 106 valence electrons. The third kappa shape index (κ3) is 2.32. The fourth-order valence-corrected chi connectivity index (χ4v) is 3.57. The number of para-hydroxylation sites is 1. The van der Waals surface area contributed by atoms with Gasteiger partial charge < -0.3 is 5.73 Å². The molecule has 3 rings (SSSR count). The van der Waals surface area contributed by atoms with Crippen LogP contribution in [0.1, 0.15) is 31.4 Å². The van der Waals surface area contributed by atoms with Gasteiger partial charge in [0.1, 0.15) is 0 Å². The number of piperidine rings is 1. The predicted molar refractivity (Wildman–Crippen MR) is 83.5 cm³/mol. The topological polar surface area (TPSA) is 42.1 Å². The van der Waals surface area contributed by atoms with Gasteiger partial charge in [0.2, 0.25) is 0 Å². The van der Waals surface area contributed by atoms with Crippen molar-refractivity contribution < 1.29 is 0 Å². The van der Waals surface area contributed by atoms with Crippen molar-refractivity contribution in [2.45, 2.75) is 25.8 Å². The average molecular weight is 269 g/mol. The van der Waals surface area contributed by atoms with Crippen LogP contribution in [0.2, 0.25) is 0 Å². The first-order chi connectivity index (χ1) is 9.85. The summed E-state index contributed by atoms with van der Waals surface area (Å²) in [6.07, 6.45) is 4.37. The van der Waals surface area contributed by atoms with E-state index >= 15 is 0 Å². The SMILES string of the molecule is CCN1CCCC(CN)C1c1cccc2cccnc12. The second-order valence-corrected chi connectivity index (χ2v) is 5.63. The number of pyridine rings is 1. The minimum atomic E-state index is 0.414. The molecule has 0 bridgehead atoms. The van der Waals surface area contributed by atoms with Gasteiger partial charge in [0.15, 0.2) is 0 Å². The van der Waals surface area contributed by atoms with Crippen LogP contribution in [0, 0.1) is 5.92 Å². The number of benzene rings is 1. The molecular formula is C17H23N3. The monoisotopic (exact) mass is 269 g/mol. The molecule has 2 heterocycles. The lowest BCUT2D eigenvalue weighted by molar-refractivity contribution is 0.103. The van der Waals surface area contributed by atoms with Crippen molar-refractivity contribution in [1.82, 2.24) is 9.88 Å². The van der Waals surface area contributed by atoms with E-state index in [1.54, 1.807) is 0 Å². The van der Waals surface area contributed by atoms with Gasteiger partial charge in [0.25, 0.3) is 0 Å². The van der Waals surface area contributed by atoms with Gasteiger partial charge in [-0.1, -0.05) is 31.2 Å². The van der Waals surface area contributed by atoms with Crippen LogP contribution in [0.25, 0.3) is 10.9 Å². The van der Waals surface area contributed by atoms with E-state index in [1.165, 1.54) is 30.3 Å². The van der Waals surface area contributed by atoms with Gasteiger partial charge in [-0.05, 0) is 50.0 Å². The van der Waals surface area contributed by atoms with Crippen molar-refractivity contribution in [2.24, 2.45) is 11.7 Å². The molecule has 20 heavy (non-hydrogen) atoms. The first-order valence-electron chi connectivity index (χ1n) is 7.63. The Balaban J connectivity index is 2.10. The third-order valence-corrected chi connectivity index (χ3v) is 4.55. The molecule has 2 aromatic rings. The minimum absolute atomic E-state index is 0.414. The van der Waals surface area contributed by atoms with E-state index in [9.17, 15) is 0 Å². The van der Waals surface area contributed by atoms with Crippen molar-refractivity contribution in [2.75, 3.05) is 19.6 Å². The van der Waals surface area contributed by atoms with Crippen LogP contribution in [-0.2, 0) is 0 Å². The molecule has 1 aliphatic rings. The van der Waals surface area contributed by atoms with Crippen LogP contribution in [-0.4, -0.2) is 29.5 Å². The number of hydrogen-bond acceptors (Lipinski definition) is 3. The van der Waals surface area contributed by atoms with Crippen molar-refractivity contribution in [3.05, 3.63) is 42.1 Å². The quantitative estimate of drug-likeness (QED) is 0.931. The highest BCUT2D eigenvalue weighted by Crippen LogP contribution is 2.37. The van der Waals surface area contributed by atoms with E-state index in [0.29, 0.717) is 12.0 Å². The largest absolute Gasteiger partial charge is 0.330 e. The Labute approximate surface area is 120 Å². The van der Waals surface area contributed by atoms with E-state index in [-0.39, 0.29) is 0 Å². The van der Waals surface area contributed by atoms with Gasteiger partial charge in [-0.15, -0.1) is 0 Å². The number of likely N-dealkylation sites (tertiary alicyclic amines) is 1. The van der Waals surface area contributed by atoms with Crippen molar-refractivity contribution in [3.63, 3.8) is 0 Å². The Kier molecular flexibility index (Phi) is 3.99. The predicted octanol–water partition coefficient (Wildman–Crippen LogP) is 2.97. The third-order valence-electron chi connectivity index (χ3n) is 4.55. The second-order valence-electron chi connectivity index (χ2n) is 5.63. The molecule has 0 saturated carbocycles. The van der Waals surface area contributed by atoms with E-state index < -0.39 is 0 Å². The maximum Gasteiger partial charge on any atom is 0.0749 e. The van der Waals surface area contributed by atoms with Gasteiger partial charge in [-0.3, -0.25) is 9.88 Å². The normalized spacial score (nSPS) is 24.1. The molecule has 2 N–H and O–H groups in total. The van der Waals surface area contributed by atoms with Gasteiger partial charge in [-0.25, -0.2) is 0 Å². The molecule has 0 amide bonds. The summed E-state index contributed by atoms with van der Waals surface area (Å²) in [7, 11) is 0. The molecule has 3 heteroatoms. The van der Waals surface area contributed by atoms with Gasteiger partial charge in [0, 0.05) is 17.6 Å². The number of nitrogens with two attached hydrogens (primary N) is 1. The molecule has 0 radical (unpaired) electrons. The molecule has 0 spiro atoms. The van der Waals surface area contributed by atoms with Crippen molar-refractivity contribution in [1.29, 1.82) is 0 Å². The summed E-state index contributed by atoms with van der Waals surface area (Å²) in [4.78, 5) is 7.19. The molecule has 1 saturated heterocycles. The van der Waals surface area contributed by atoms with Crippen LogP contribution in [0.15, 0.2) is 36.5 Å². The first-order valence-corrected chi connectivity index (χ1v) is 7.63. The fourth-order valence-electron chi connectivity index (χ4n) is 3.57. The lowest BCUT2D eigenvalue weighted by atomic mass is 9.84. The highest BCUT2D eigenvalue weighted by Gasteiger charge is 2.32. The summed E-state index contributed by atoms with van der Waals surface area (Å²) in [6, 6.07) is 11.1. The zero-order chi connectivity index (χ0) is 13.9. The number of nitrogens with zero attached hydrogens (tertiary/aromatic N) is 2. The Morgan fingerprint density at radius 1 is 1.30 bits per heavy atom. The summed E-state index contributed by atoms with van der Waals surface area (Å²) < 4.78 is 0. The number of rotatable bonds is 3. The fraction of sp³-hybridized carbons (Fsp3) is 0.471. The van der Waals surface area contributed by atoms with E-state index in [2.05, 4.69) is 41.1 Å². The minimum Gasteiger partial charge on any atom is -0.330 e. The number of aromatic nitrogens is 1. The van der Waals surface area contributed by atoms with E-state index in [0.717, 1.165) is 18.6 Å². The van der Waals surface area contributed by atoms with Crippen LogP contribution >= 0.6 is 0 Å². The Bertz CT molecular complexity index is 564. The van der Waals surface area contributed by atoms with E-state index in [1.807, 2.05) is 12.3 Å². The van der Waals surface area contributed by atoms with Crippen LogP contribution in [0.3, 0.4) is 0 Å². The zero-order valence-electron chi connectivity index (χ0n) is 12.1. The van der Waals surface area contributed by atoms with E-state index in [4.69, 9.17) is 5.73 Å². The lowest BCUT2D eigenvalue weighted by Crippen LogP contribution is -2.41. The molecule has 0 aliphatic carbocycles. The molecule has 1 fully saturated rings. The maximum absolute atomic E-state index is 6.04. The highest BCUT2D eigenvalue weighted by molar-refractivity contribution is 5.82. The lowest BCUT2D eigenvalue weighted by Gasteiger charge is -2.41. The summed E-state index contributed by atoms with van der Waals surface area (Å²) in [5, 5.41) is 1.22. The van der Waals surface area contributed by atoms with Crippen molar-refractivity contribution in [3.8, 4) is 0 Å². The zero-order valence-corrected chi connectivity index (χ0v) is 12.1. The summed E-state index contributed by atoms with van der Waals surface area (Å²) in [5.41, 5.74) is 8.53. The van der Waals surface area contributed by atoms with Gasteiger partial charge in [-0.2, -0.15) is 0 Å². The smallest absolute Gasteiger partial charge is 0.0749 e. The van der Waals surface area contributed by atoms with Gasteiger partial charge >= 0.3 is 0 Å². The van der Waals surface area contributed by atoms with Crippen LogP contribution in [0.4, 0.5) is 0 Å². The second kappa shape index (κ2) is 5.90. The Morgan fingerprint density at radius 2 is 2.15 bits per heavy atom. The molecule has 1 aromatic heterocycles. The standard InChI is InChI=1S/C17H23N3/c1-2-20-11-5-8-14(12-18)17(20)15-9-3-6-13-7-4-10-19-16(13)15/h3-4,6-7,9-10,14,17H,2,5,8,11-12,18H2,1H3. The molecule has 1 aliphatic heterocycles. The summed E-state index contributed by atoms with van der Waals surface area (Å²) in [5.74, 6) is 0.538. The molecule has 3 nitrogen and oxygen atoms in total. The number of fused-ring (bicyclic) bond motifs is 1. The Morgan fingerprint density at radius 3 is 2.95 bits per heavy atom. The van der Waals surface area contributed by atoms with Crippen LogP contribution < -0.4 is 5.73 Å². The average Bonchev–Trinajstić information content (AvgIpc) is 2.53. The number of hydrogen-bond donors (Lipinski definition) is 1. The van der Waals surface area contributed by atoms with Crippen molar-refractivity contribution >= 4 is 10.9 Å². The molecule has 2 atom stereocenters. The van der Waals surface area contributed by atoms with Gasteiger partial charge in [0.05, 0.1) is 5.52 Å². The molecule has 1 aromatic carbocycles. The van der Waals surface area contributed by atoms with Crippen LogP contribution in [0.5, 0.6) is 0 Å². The Hall–Kier alpha value is -1.45.